The van der Waals surface area contributed by atoms with Gasteiger partial charge < -0.3 is 11.1 Å². The van der Waals surface area contributed by atoms with Crippen molar-refractivity contribution in [2.45, 2.75) is 18.6 Å². The first-order chi connectivity index (χ1) is 8.40. The van der Waals surface area contributed by atoms with Gasteiger partial charge in [-0.15, -0.1) is 0 Å². The van der Waals surface area contributed by atoms with Gasteiger partial charge in [0, 0.05) is 12.1 Å². The second kappa shape index (κ2) is 6.27. The zero-order chi connectivity index (χ0) is 13.7. The van der Waals surface area contributed by atoms with Crippen molar-refractivity contribution in [3.63, 3.8) is 0 Å². The minimum atomic E-state index is -0.486. The Labute approximate surface area is 106 Å². The topological polar surface area (TPSA) is 97.3 Å². The van der Waals surface area contributed by atoms with Gasteiger partial charge in [0.05, 0.1) is 11.1 Å². The minimum Gasteiger partial charge on any atom is -0.367 e. The highest BCUT2D eigenvalue weighted by Gasteiger charge is 2.12. The summed E-state index contributed by atoms with van der Waals surface area (Å²) in [6.45, 7) is 3.92. The standard InChI is InChI=1S/C11H18N5O2/c1-8(6-10(12)15(2)3)14-11-5-4-9(7-13-11)16(17)18/h4-5,7-8,10H,1,6,12H2,2-3H3,(H,13,14). The van der Waals surface area contributed by atoms with E-state index in [2.05, 4.69) is 17.2 Å². The van der Waals surface area contributed by atoms with Crippen LogP contribution in [0.15, 0.2) is 18.3 Å². The van der Waals surface area contributed by atoms with Crippen molar-refractivity contribution in [2.75, 3.05) is 19.4 Å². The number of nitrogens with one attached hydrogen (secondary N) is 1. The van der Waals surface area contributed by atoms with Crippen molar-refractivity contribution >= 4 is 11.5 Å². The van der Waals surface area contributed by atoms with Gasteiger partial charge in [-0.2, -0.15) is 0 Å². The van der Waals surface area contributed by atoms with Gasteiger partial charge in [0.1, 0.15) is 12.0 Å². The van der Waals surface area contributed by atoms with Crippen LogP contribution in [0.2, 0.25) is 0 Å². The smallest absolute Gasteiger partial charge is 0.287 e. The van der Waals surface area contributed by atoms with Gasteiger partial charge in [-0.05, 0) is 33.5 Å². The number of aromatic nitrogens is 1. The van der Waals surface area contributed by atoms with Crippen LogP contribution < -0.4 is 11.1 Å². The molecule has 7 nitrogen and oxygen atoms in total. The summed E-state index contributed by atoms with van der Waals surface area (Å²) in [4.78, 5) is 15.8. The Kier molecular flexibility index (Phi) is 4.99. The van der Waals surface area contributed by atoms with Crippen LogP contribution in [-0.2, 0) is 0 Å². The van der Waals surface area contributed by atoms with E-state index in [9.17, 15) is 10.1 Å². The lowest BCUT2D eigenvalue weighted by Crippen LogP contribution is -2.40. The van der Waals surface area contributed by atoms with E-state index in [1.807, 2.05) is 19.0 Å². The monoisotopic (exact) mass is 252 g/mol. The SMILES string of the molecule is [CH2]C(CC(N)N(C)C)Nc1ccc([N+](=O)[O-])cn1. The van der Waals surface area contributed by atoms with Gasteiger partial charge in [-0.3, -0.25) is 15.0 Å². The molecule has 0 spiro atoms. The average Bonchev–Trinajstić information content (AvgIpc) is 2.29. The highest BCUT2D eigenvalue weighted by Crippen LogP contribution is 2.13. The van der Waals surface area contributed by atoms with Crippen LogP contribution in [0.4, 0.5) is 11.5 Å². The van der Waals surface area contributed by atoms with Gasteiger partial charge >= 0.3 is 0 Å². The molecule has 0 aliphatic heterocycles. The van der Waals surface area contributed by atoms with E-state index < -0.39 is 4.92 Å². The first-order valence-corrected chi connectivity index (χ1v) is 5.52. The molecule has 2 unspecified atom stereocenters. The fourth-order valence-electron chi connectivity index (χ4n) is 1.35. The van der Waals surface area contributed by atoms with Crippen LogP contribution in [0, 0.1) is 17.0 Å². The lowest BCUT2D eigenvalue weighted by atomic mass is 10.2. The van der Waals surface area contributed by atoms with Gasteiger partial charge in [-0.25, -0.2) is 4.98 Å². The molecule has 0 saturated heterocycles. The van der Waals surface area contributed by atoms with E-state index in [1.54, 1.807) is 6.07 Å². The molecule has 3 N–H and O–H groups in total. The number of nitrogens with zero attached hydrogens (tertiary/aromatic N) is 3. The molecule has 0 bridgehead atoms. The molecule has 1 radical (unpaired) electrons. The van der Waals surface area contributed by atoms with Crippen LogP contribution in [0.25, 0.3) is 0 Å². The summed E-state index contributed by atoms with van der Waals surface area (Å²) >= 11 is 0. The number of nitro groups is 1. The van der Waals surface area contributed by atoms with Crippen LogP contribution in [0.1, 0.15) is 6.42 Å². The van der Waals surface area contributed by atoms with Crippen molar-refractivity contribution in [1.29, 1.82) is 0 Å². The summed E-state index contributed by atoms with van der Waals surface area (Å²) in [5, 5.41) is 13.5. The molecule has 0 aliphatic rings. The number of hydrogen-bond acceptors (Lipinski definition) is 6. The average molecular weight is 252 g/mol. The molecule has 0 fully saturated rings. The lowest BCUT2D eigenvalue weighted by molar-refractivity contribution is -0.385. The molecule has 1 rings (SSSR count). The maximum atomic E-state index is 10.5. The normalized spacial score (nSPS) is 14.3. The van der Waals surface area contributed by atoms with Crippen LogP contribution in [0.5, 0.6) is 0 Å². The maximum Gasteiger partial charge on any atom is 0.287 e. The largest absolute Gasteiger partial charge is 0.367 e. The van der Waals surface area contributed by atoms with E-state index >= 15 is 0 Å². The summed E-state index contributed by atoms with van der Waals surface area (Å²) in [6.07, 6.45) is 1.75. The Morgan fingerprint density at radius 3 is 2.72 bits per heavy atom. The Balaban J connectivity index is 2.54. The van der Waals surface area contributed by atoms with Crippen molar-refractivity contribution in [1.82, 2.24) is 9.88 Å². The second-order valence-corrected chi connectivity index (χ2v) is 4.27. The first kappa shape index (κ1) is 14.3. The van der Waals surface area contributed by atoms with Crippen LogP contribution in [-0.4, -0.2) is 41.1 Å². The summed E-state index contributed by atoms with van der Waals surface area (Å²) in [5.41, 5.74) is 5.84. The third-order valence-electron chi connectivity index (χ3n) is 2.50. The molecule has 1 aromatic rings. The third kappa shape index (κ3) is 4.27. The van der Waals surface area contributed by atoms with Crippen LogP contribution in [0.3, 0.4) is 0 Å². The van der Waals surface area contributed by atoms with Crippen molar-refractivity contribution < 1.29 is 4.92 Å². The zero-order valence-electron chi connectivity index (χ0n) is 10.5. The highest BCUT2D eigenvalue weighted by atomic mass is 16.6. The van der Waals surface area contributed by atoms with Gasteiger partial charge in [0.2, 0.25) is 0 Å². The quantitative estimate of drug-likeness (QED) is 0.442. The maximum absolute atomic E-state index is 10.5. The van der Waals surface area contributed by atoms with Crippen molar-refractivity contribution in [2.24, 2.45) is 5.73 Å². The second-order valence-electron chi connectivity index (χ2n) is 4.27. The molecule has 0 aromatic carbocycles. The molecule has 0 aliphatic carbocycles. The van der Waals surface area contributed by atoms with E-state index in [0.29, 0.717) is 12.2 Å². The summed E-state index contributed by atoms with van der Waals surface area (Å²) < 4.78 is 0. The number of hydrogen-bond donors (Lipinski definition) is 2. The molecule has 18 heavy (non-hydrogen) atoms. The van der Waals surface area contributed by atoms with E-state index in [0.717, 1.165) is 0 Å². The Morgan fingerprint density at radius 1 is 1.61 bits per heavy atom. The molecule has 2 atom stereocenters. The van der Waals surface area contributed by atoms with E-state index in [1.165, 1.54) is 12.3 Å². The third-order valence-corrected chi connectivity index (χ3v) is 2.50. The fourth-order valence-corrected chi connectivity index (χ4v) is 1.35. The van der Waals surface area contributed by atoms with E-state index in [-0.39, 0.29) is 17.9 Å². The van der Waals surface area contributed by atoms with Gasteiger partial charge in [0.15, 0.2) is 0 Å². The van der Waals surface area contributed by atoms with Crippen molar-refractivity contribution in [3.05, 3.63) is 35.4 Å². The summed E-state index contributed by atoms with van der Waals surface area (Å²) in [6, 6.07) is 2.84. The molecule has 0 saturated carbocycles. The molecular weight excluding hydrogens is 234 g/mol. The number of pyridine rings is 1. The molecule has 1 heterocycles. The minimum absolute atomic E-state index is 0.0360. The molecule has 99 valence electrons. The summed E-state index contributed by atoms with van der Waals surface area (Å²) in [7, 11) is 3.78. The Bertz CT molecular complexity index is 393. The van der Waals surface area contributed by atoms with E-state index in [4.69, 9.17) is 5.73 Å². The predicted molar refractivity (Wildman–Crippen MR) is 69.9 cm³/mol. The Hall–Kier alpha value is -1.73. The van der Waals surface area contributed by atoms with Gasteiger partial charge in [-0.1, -0.05) is 0 Å². The number of rotatable bonds is 6. The molecule has 0 amide bonds. The lowest BCUT2D eigenvalue weighted by Gasteiger charge is -2.23. The molecular formula is C11H18N5O2. The van der Waals surface area contributed by atoms with Crippen molar-refractivity contribution in [3.8, 4) is 0 Å². The number of nitrogens with two attached hydrogens (primary N) is 1. The molecule has 1 aromatic heterocycles. The highest BCUT2D eigenvalue weighted by molar-refractivity contribution is 5.41. The summed E-state index contributed by atoms with van der Waals surface area (Å²) in [5.74, 6) is 0.548. The first-order valence-electron chi connectivity index (χ1n) is 5.52. The zero-order valence-corrected chi connectivity index (χ0v) is 10.5. The van der Waals surface area contributed by atoms with Gasteiger partial charge in [0.25, 0.3) is 5.69 Å². The number of anilines is 1. The fraction of sp³-hybridized carbons (Fsp3) is 0.455. The predicted octanol–water partition coefficient (Wildman–Crippen LogP) is 0.841. The Morgan fingerprint density at radius 2 is 2.28 bits per heavy atom. The van der Waals surface area contributed by atoms with Crippen LogP contribution >= 0.6 is 0 Å². The molecule has 7 heteroatoms.